The zero-order valence-corrected chi connectivity index (χ0v) is 13.3. The lowest BCUT2D eigenvalue weighted by Gasteiger charge is -2.41. The fraction of sp³-hybridized carbons (Fsp3) is 0.588. The van der Waals surface area contributed by atoms with E-state index in [1.165, 1.54) is 25.4 Å². The summed E-state index contributed by atoms with van der Waals surface area (Å²) in [4.78, 5) is 19.1. The maximum atomic E-state index is 12.7. The Balaban J connectivity index is 1.61. The highest BCUT2D eigenvalue weighted by molar-refractivity contribution is 5.94. The number of aryl methyl sites for hydroxylation is 1. The van der Waals surface area contributed by atoms with Crippen molar-refractivity contribution in [2.45, 2.75) is 44.4 Å². The molecule has 2 aromatic rings. The molecule has 1 aliphatic heterocycles. The lowest BCUT2D eigenvalue weighted by molar-refractivity contribution is 0.0606. The van der Waals surface area contributed by atoms with Crippen LogP contribution < -0.4 is 0 Å². The number of hydrogen-bond donors (Lipinski definition) is 0. The maximum Gasteiger partial charge on any atom is 0.257 e. The Hall–Kier alpha value is -2.11. The maximum absolute atomic E-state index is 12.7. The van der Waals surface area contributed by atoms with Crippen LogP contribution in [0.3, 0.4) is 0 Å². The van der Waals surface area contributed by atoms with E-state index >= 15 is 0 Å². The van der Waals surface area contributed by atoms with E-state index in [4.69, 9.17) is 8.94 Å². The molecule has 4 rings (SSSR count). The summed E-state index contributed by atoms with van der Waals surface area (Å²) in [6, 6.07) is 1.72. The van der Waals surface area contributed by atoms with Gasteiger partial charge in [-0.2, -0.15) is 4.98 Å². The predicted molar refractivity (Wildman–Crippen MR) is 81.9 cm³/mol. The molecule has 2 fully saturated rings. The van der Waals surface area contributed by atoms with Crippen molar-refractivity contribution in [3.8, 4) is 0 Å². The van der Waals surface area contributed by atoms with Crippen LogP contribution in [-0.4, -0.2) is 34.0 Å². The van der Waals surface area contributed by atoms with Crippen LogP contribution in [0.25, 0.3) is 0 Å². The third-order valence-corrected chi connectivity index (χ3v) is 5.01. The van der Waals surface area contributed by atoms with Crippen LogP contribution in [0.15, 0.2) is 27.5 Å². The number of carbonyl (C=O) groups is 1. The van der Waals surface area contributed by atoms with Gasteiger partial charge in [0.2, 0.25) is 5.89 Å². The summed E-state index contributed by atoms with van der Waals surface area (Å²) in [6.07, 6.45) is 8.61. The van der Waals surface area contributed by atoms with Crippen LogP contribution in [0.2, 0.25) is 0 Å². The molecule has 23 heavy (non-hydrogen) atoms. The summed E-state index contributed by atoms with van der Waals surface area (Å²) in [5, 5.41) is 4.21. The van der Waals surface area contributed by atoms with E-state index in [9.17, 15) is 4.79 Å². The van der Waals surface area contributed by atoms with E-state index < -0.39 is 0 Å². The van der Waals surface area contributed by atoms with Crippen molar-refractivity contribution in [3.05, 3.63) is 35.9 Å². The van der Waals surface area contributed by atoms with Gasteiger partial charge in [0, 0.05) is 20.0 Å². The molecule has 2 aliphatic rings. The van der Waals surface area contributed by atoms with Gasteiger partial charge in [-0.15, -0.1) is 0 Å². The van der Waals surface area contributed by atoms with E-state index in [0.29, 0.717) is 18.0 Å². The Labute approximate surface area is 134 Å². The Morgan fingerprint density at radius 1 is 1.48 bits per heavy atom. The molecular formula is C17H21N3O3. The van der Waals surface area contributed by atoms with Gasteiger partial charge in [-0.25, -0.2) is 0 Å². The van der Waals surface area contributed by atoms with Crippen LogP contribution >= 0.6 is 0 Å². The first-order valence-corrected chi connectivity index (χ1v) is 8.29. The molecule has 0 radical (unpaired) electrons. The molecule has 0 N–H and O–H groups in total. The molecule has 1 unspecified atom stereocenters. The van der Waals surface area contributed by atoms with E-state index in [-0.39, 0.29) is 11.3 Å². The molecule has 3 heterocycles. The number of likely N-dealkylation sites (tertiary alicyclic amines) is 1. The summed E-state index contributed by atoms with van der Waals surface area (Å²) in [5.74, 6) is 2.12. The molecule has 1 amide bonds. The SMILES string of the molecule is Cc1nc(C2(CC3CC3)CCCN(C(=O)c3ccoc3)C2)no1. The number of furan rings is 1. The topological polar surface area (TPSA) is 72.4 Å². The molecule has 2 aromatic heterocycles. The first-order chi connectivity index (χ1) is 11.2. The van der Waals surface area contributed by atoms with Gasteiger partial charge >= 0.3 is 0 Å². The molecule has 1 atom stereocenters. The van der Waals surface area contributed by atoms with Gasteiger partial charge in [-0.3, -0.25) is 4.79 Å². The average molecular weight is 315 g/mol. The van der Waals surface area contributed by atoms with E-state index in [0.717, 1.165) is 37.5 Å². The highest BCUT2D eigenvalue weighted by Crippen LogP contribution is 2.45. The second-order valence-electron chi connectivity index (χ2n) is 6.91. The van der Waals surface area contributed by atoms with Crippen molar-refractivity contribution in [3.63, 3.8) is 0 Å². The molecule has 1 aliphatic carbocycles. The van der Waals surface area contributed by atoms with Gasteiger partial charge in [-0.05, 0) is 31.2 Å². The molecule has 0 spiro atoms. The molecule has 6 nitrogen and oxygen atoms in total. The minimum Gasteiger partial charge on any atom is -0.472 e. The number of rotatable bonds is 4. The molecule has 0 aromatic carbocycles. The standard InChI is InChI=1S/C17H21N3O3/c1-12-18-16(19-23-12)17(9-13-3-4-13)6-2-7-20(11-17)15(21)14-5-8-22-10-14/h5,8,10,13H,2-4,6-7,9,11H2,1H3. The minimum absolute atomic E-state index is 0.0267. The number of piperidine rings is 1. The van der Waals surface area contributed by atoms with Gasteiger partial charge in [0.1, 0.15) is 6.26 Å². The van der Waals surface area contributed by atoms with Crippen LogP contribution in [-0.2, 0) is 5.41 Å². The van der Waals surface area contributed by atoms with Gasteiger partial charge in [0.05, 0.1) is 17.2 Å². The first-order valence-electron chi connectivity index (χ1n) is 8.29. The fourth-order valence-corrected chi connectivity index (χ4v) is 3.70. The zero-order valence-electron chi connectivity index (χ0n) is 13.3. The average Bonchev–Trinajstić information content (AvgIpc) is 3.04. The predicted octanol–water partition coefficient (Wildman–Crippen LogP) is 2.95. The second-order valence-corrected chi connectivity index (χ2v) is 6.91. The summed E-state index contributed by atoms with van der Waals surface area (Å²) in [6.45, 7) is 3.25. The fourth-order valence-electron chi connectivity index (χ4n) is 3.70. The quantitative estimate of drug-likeness (QED) is 0.867. The Morgan fingerprint density at radius 3 is 3.00 bits per heavy atom. The van der Waals surface area contributed by atoms with Gasteiger partial charge in [0.25, 0.3) is 5.91 Å². The van der Waals surface area contributed by atoms with Crippen LogP contribution in [0.1, 0.15) is 54.2 Å². The summed E-state index contributed by atoms with van der Waals surface area (Å²) in [7, 11) is 0. The van der Waals surface area contributed by atoms with E-state index in [1.807, 2.05) is 11.8 Å². The molecular weight excluding hydrogens is 294 g/mol. The second kappa shape index (κ2) is 5.51. The Bertz CT molecular complexity index is 690. The van der Waals surface area contributed by atoms with Crippen molar-refractivity contribution in [1.29, 1.82) is 0 Å². The molecule has 122 valence electrons. The van der Waals surface area contributed by atoms with Gasteiger partial charge in [-0.1, -0.05) is 18.0 Å². The Kier molecular flexibility index (Phi) is 3.47. The van der Waals surface area contributed by atoms with Crippen molar-refractivity contribution in [2.75, 3.05) is 13.1 Å². The smallest absolute Gasteiger partial charge is 0.257 e. The van der Waals surface area contributed by atoms with Crippen molar-refractivity contribution >= 4 is 5.91 Å². The summed E-state index contributed by atoms with van der Waals surface area (Å²) < 4.78 is 10.3. The first kappa shape index (κ1) is 14.5. The number of amides is 1. The van der Waals surface area contributed by atoms with E-state index in [2.05, 4.69) is 10.1 Å². The van der Waals surface area contributed by atoms with Crippen molar-refractivity contribution < 1.29 is 13.7 Å². The summed E-state index contributed by atoms with van der Waals surface area (Å²) in [5.41, 5.74) is 0.438. The third-order valence-electron chi connectivity index (χ3n) is 5.01. The zero-order chi connectivity index (χ0) is 15.9. The number of aromatic nitrogens is 2. The van der Waals surface area contributed by atoms with Crippen LogP contribution in [0.5, 0.6) is 0 Å². The third kappa shape index (κ3) is 2.78. The Morgan fingerprint density at radius 2 is 2.35 bits per heavy atom. The normalized spacial score (nSPS) is 24.8. The van der Waals surface area contributed by atoms with Crippen molar-refractivity contribution in [2.24, 2.45) is 5.92 Å². The largest absolute Gasteiger partial charge is 0.472 e. The molecule has 1 saturated carbocycles. The van der Waals surface area contributed by atoms with Crippen LogP contribution in [0.4, 0.5) is 0 Å². The summed E-state index contributed by atoms with van der Waals surface area (Å²) >= 11 is 0. The number of nitrogens with zero attached hydrogens (tertiary/aromatic N) is 3. The monoisotopic (exact) mass is 315 g/mol. The number of hydrogen-bond acceptors (Lipinski definition) is 5. The van der Waals surface area contributed by atoms with Gasteiger partial charge in [0.15, 0.2) is 5.82 Å². The molecule has 0 bridgehead atoms. The highest BCUT2D eigenvalue weighted by Gasteiger charge is 2.45. The molecule has 1 saturated heterocycles. The number of carbonyl (C=O) groups excluding carboxylic acids is 1. The molecule has 6 heteroatoms. The lowest BCUT2D eigenvalue weighted by Crippen LogP contribution is -2.49. The highest BCUT2D eigenvalue weighted by atomic mass is 16.5. The van der Waals surface area contributed by atoms with E-state index in [1.54, 1.807) is 6.07 Å². The van der Waals surface area contributed by atoms with Crippen molar-refractivity contribution in [1.82, 2.24) is 15.0 Å². The van der Waals surface area contributed by atoms with Gasteiger partial charge < -0.3 is 13.8 Å². The lowest BCUT2D eigenvalue weighted by atomic mass is 9.74. The minimum atomic E-state index is -0.170. The van der Waals surface area contributed by atoms with Crippen LogP contribution in [0, 0.1) is 12.8 Å².